The van der Waals surface area contributed by atoms with Crippen molar-refractivity contribution in [3.05, 3.63) is 0 Å². The fraction of sp³-hybridized carbons (Fsp3) is 0.929. The lowest BCUT2D eigenvalue weighted by atomic mass is 9.74. The van der Waals surface area contributed by atoms with Crippen LogP contribution in [0.5, 0.6) is 0 Å². The molecule has 1 unspecified atom stereocenters. The van der Waals surface area contributed by atoms with Crippen LogP contribution in [0.25, 0.3) is 0 Å². The minimum atomic E-state index is 0.303. The summed E-state index contributed by atoms with van der Waals surface area (Å²) in [4.78, 5) is 16.6. The lowest BCUT2D eigenvalue weighted by Crippen LogP contribution is -2.54. The third kappa shape index (κ3) is 2.35. The van der Waals surface area contributed by atoms with Gasteiger partial charge < -0.3 is 15.1 Å². The van der Waals surface area contributed by atoms with Crippen LogP contribution in [0, 0.1) is 5.41 Å². The summed E-state index contributed by atoms with van der Waals surface area (Å²) in [6.07, 6.45) is 7.42. The van der Waals surface area contributed by atoms with Crippen molar-refractivity contribution in [2.45, 2.75) is 38.5 Å². The van der Waals surface area contributed by atoms with Gasteiger partial charge >= 0.3 is 6.03 Å². The molecule has 0 aromatic rings. The van der Waals surface area contributed by atoms with Crippen LogP contribution in [0.2, 0.25) is 0 Å². The number of urea groups is 1. The van der Waals surface area contributed by atoms with Crippen LogP contribution in [0.15, 0.2) is 0 Å². The molecule has 4 nitrogen and oxygen atoms in total. The van der Waals surface area contributed by atoms with Crippen molar-refractivity contribution in [2.75, 3.05) is 39.3 Å². The highest BCUT2D eigenvalue weighted by Gasteiger charge is 2.39. The van der Waals surface area contributed by atoms with E-state index in [2.05, 4.69) is 15.1 Å². The van der Waals surface area contributed by atoms with Gasteiger partial charge in [-0.1, -0.05) is 0 Å². The van der Waals surface area contributed by atoms with Crippen molar-refractivity contribution < 1.29 is 4.79 Å². The normalized spacial score (nSPS) is 33.1. The van der Waals surface area contributed by atoms with Gasteiger partial charge in [-0.05, 0) is 45.1 Å². The van der Waals surface area contributed by atoms with Crippen LogP contribution in [0.3, 0.4) is 0 Å². The first-order valence-corrected chi connectivity index (χ1v) is 7.54. The first-order chi connectivity index (χ1) is 8.79. The Labute approximate surface area is 110 Å². The number of amides is 2. The molecule has 0 aromatic heterocycles. The van der Waals surface area contributed by atoms with Gasteiger partial charge in [0.15, 0.2) is 0 Å². The Morgan fingerprint density at radius 1 is 0.944 bits per heavy atom. The molecule has 3 rings (SSSR count). The van der Waals surface area contributed by atoms with E-state index in [1.807, 2.05) is 0 Å². The fourth-order valence-corrected chi connectivity index (χ4v) is 3.86. The maximum atomic E-state index is 12.5. The molecule has 0 radical (unpaired) electrons. The molecular weight excluding hydrogens is 226 g/mol. The van der Waals surface area contributed by atoms with E-state index >= 15 is 0 Å². The van der Waals surface area contributed by atoms with E-state index in [9.17, 15) is 4.79 Å². The lowest BCUT2D eigenvalue weighted by Gasteiger charge is -2.46. The predicted octanol–water partition coefficient (Wildman–Crippen LogP) is 1.67. The summed E-state index contributed by atoms with van der Waals surface area (Å²) < 4.78 is 0. The van der Waals surface area contributed by atoms with Crippen LogP contribution >= 0.6 is 0 Å². The van der Waals surface area contributed by atoms with Gasteiger partial charge in [0.2, 0.25) is 0 Å². The minimum absolute atomic E-state index is 0.303. The highest BCUT2D eigenvalue weighted by molar-refractivity contribution is 5.74. The lowest BCUT2D eigenvalue weighted by molar-refractivity contribution is 0.0694. The summed E-state index contributed by atoms with van der Waals surface area (Å²) in [5.41, 5.74) is 0.381. The molecule has 102 valence electrons. The first kappa shape index (κ1) is 12.3. The van der Waals surface area contributed by atoms with Crippen molar-refractivity contribution in [3.63, 3.8) is 0 Å². The number of nitrogens with one attached hydrogen (secondary N) is 1. The number of piperidine rings is 2. The second-order valence-corrected chi connectivity index (χ2v) is 6.28. The molecule has 0 saturated carbocycles. The van der Waals surface area contributed by atoms with Gasteiger partial charge in [-0.3, -0.25) is 0 Å². The molecular formula is C14H25N3O. The maximum Gasteiger partial charge on any atom is 0.320 e. The smallest absolute Gasteiger partial charge is 0.320 e. The molecule has 0 bridgehead atoms. The molecule has 3 fully saturated rings. The maximum absolute atomic E-state index is 12.5. The van der Waals surface area contributed by atoms with Crippen LogP contribution in [0.1, 0.15) is 38.5 Å². The van der Waals surface area contributed by atoms with E-state index in [1.54, 1.807) is 0 Å². The number of hydrogen-bond donors (Lipinski definition) is 1. The zero-order valence-electron chi connectivity index (χ0n) is 11.3. The Kier molecular flexibility index (Phi) is 3.46. The van der Waals surface area contributed by atoms with Gasteiger partial charge in [0, 0.05) is 38.1 Å². The molecule has 3 aliphatic heterocycles. The summed E-state index contributed by atoms with van der Waals surface area (Å²) >= 11 is 0. The van der Waals surface area contributed by atoms with E-state index in [0.717, 1.165) is 39.3 Å². The van der Waals surface area contributed by atoms with Crippen molar-refractivity contribution >= 4 is 6.03 Å². The summed E-state index contributed by atoms with van der Waals surface area (Å²) in [7, 11) is 0. The van der Waals surface area contributed by atoms with Crippen LogP contribution < -0.4 is 5.32 Å². The molecule has 3 aliphatic rings. The van der Waals surface area contributed by atoms with Gasteiger partial charge in [0.05, 0.1) is 0 Å². The van der Waals surface area contributed by atoms with Crippen molar-refractivity contribution in [3.8, 4) is 0 Å². The quantitative estimate of drug-likeness (QED) is 0.711. The first-order valence-electron chi connectivity index (χ1n) is 7.54. The highest BCUT2D eigenvalue weighted by atomic mass is 16.2. The molecule has 0 aliphatic carbocycles. The molecule has 18 heavy (non-hydrogen) atoms. The molecule has 3 heterocycles. The van der Waals surface area contributed by atoms with Crippen LogP contribution in [-0.4, -0.2) is 55.1 Å². The number of carbonyl (C=O) groups is 1. The third-order valence-electron chi connectivity index (χ3n) is 4.87. The van der Waals surface area contributed by atoms with E-state index in [0.29, 0.717) is 11.4 Å². The highest BCUT2D eigenvalue weighted by Crippen LogP contribution is 2.36. The average Bonchev–Trinajstić information content (AvgIpc) is 2.93. The van der Waals surface area contributed by atoms with E-state index in [4.69, 9.17) is 0 Å². The second-order valence-electron chi connectivity index (χ2n) is 6.28. The van der Waals surface area contributed by atoms with Gasteiger partial charge in [-0.15, -0.1) is 0 Å². The van der Waals surface area contributed by atoms with Gasteiger partial charge in [0.1, 0.15) is 0 Å². The number of nitrogens with zero attached hydrogens (tertiary/aromatic N) is 2. The van der Waals surface area contributed by atoms with Crippen LogP contribution in [0.4, 0.5) is 4.79 Å². The number of likely N-dealkylation sites (tertiary alicyclic amines) is 2. The largest absolute Gasteiger partial charge is 0.325 e. The summed E-state index contributed by atoms with van der Waals surface area (Å²) in [5.74, 6) is 0. The minimum Gasteiger partial charge on any atom is -0.325 e. The summed E-state index contributed by atoms with van der Waals surface area (Å²) in [6, 6.07) is 0.303. The molecule has 4 heteroatoms. The topological polar surface area (TPSA) is 35.6 Å². The van der Waals surface area contributed by atoms with Crippen molar-refractivity contribution in [1.82, 2.24) is 15.1 Å². The fourth-order valence-electron chi connectivity index (χ4n) is 3.86. The molecule has 3 saturated heterocycles. The van der Waals surface area contributed by atoms with E-state index < -0.39 is 0 Å². The molecule has 1 spiro atoms. The number of carbonyl (C=O) groups excluding carboxylic acids is 1. The van der Waals surface area contributed by atoms with Crippen molar-refractivity contribution in [1.29, 1.82) is 0 Å². The average molecular weight is 251 g/mol. The zero-order valence-corrected chi connectivity index (χ0v) is 11.3. The third-order valence-corrected chi connectivity index (χ3v) is 4.87. The molecule has 0 aromatic carbocycles. The van der Waals surface area contributed by atoms with Crippen LogP contribution in [-0.2, 0) is 0 Å². The Morgan fingerprint density at radius 3 is 2.39 bits per heavy atom. The van der Waals surface area contributed by atoms with E-state index in [-0.39, 0.29) is 0 Å². The molecule has 1 N–H and O–H groups in total. The SMILES string of the molecule is O=C(N1CCCC1)N1CCCC2(CCCNC2)C1. The molecule has 2 amide bonds. The number of rotatable bonds is 0. The van der Waals surface area contributed by atoms with E-state index in [1.165, 1.54) is 38.5 Å². The Morgan fingerprint density at radius 2 is 1.67 bits per heavy atom. The second kappa shape index (κ2) is 5.08. The predicted molar refractivity (Wildman–Crippen MR) is 71.5 cm³/mol. The summed E-state index contributed by atoms with van der Waals surface area (Å²) in [6.45, 7) is 6.16. The van der Waals surface area contributed by atoms with Gasteiger partial charge in [-0.2, -0.15) is 0 Å². The van der Waals surface area contributed by atoms with Gasteiger partial charge in [-0.25, -0.2) is 4.79 Å². The molecule has 1 atom stereocenters. The number of hydrogen-bond acceptors (Lipinski definition) is 2. The Balaban J connectivity index is 1.64. The Bertz CT molecular complexity index is 301. The van der Waals surface area contributed by atoms with Gasteiger partial charge in [0.25, 0.3) is 0 Å². The summed E-state index contributed by atoms with van der Waals surface area (Å²) in [5, 5.41) is 3.52. The Hall–Kier alpha value is -0.770. The van der Waals surface area contributed by atoms with Crippen molar-refractivity contribution in [2.24, 2.45) is 5.41 Å². The monoisotopic (exact) mass is 251 g/mol. The zero-order chi connectivity index (χ0) is 12.4. The standard InChI is InChI=1S/C14H25N3O/c18-13(16-8-1-2-9-16)17-10-4-6-14(12-17)5-3-7-15-11-14/h15H,1-12H2.